The molecule has 0 amide bonds. The third-order valence-corrected chi connectivity index (χ3v) is 9.88. The van der Waals surface area contributed by atoms with E-state index >= 15 is 4.39 Å². The van der Waals surface area contributed by atoms with E-state index in [1.54, 1.807) is 22.9 Å². The molecular weight excluding hydrogens is 619 g/mol. The first kappa shape index (κ1) is 31.5. The van der Waals surface area contributed by atoms with Crippen molar-refractivity contribution in [1.82, 2.24) is 29.7 Å². The van der Waals surface area contributed by atoms with Crippen LogP contribution in [0, 0.1) is 11.7 Å². The number of allylic oxidation sites excluding steroid dienone is 1. The van der Waals surface area contributed by atoms with Crippen LogP contribution in [-0.2, 0) is 11.3 Å². The molecule has 6 heterocycles. The fourth-order valence-corrected chi connectivity index (χ4v) is 7.15. The second-order valence-electron chi connectivity index (χ2n) is 12.8. The van der Waals surface area contributed by atoms with Gasteiger partial charge in [-0.15, -0.1) is 0 Å². The van der Waals surface area contributed by atoms with Crippen LogP contribution >= 0.6 is 11.6 Å². The summed E-state index contributed by atoms with van der Waals surface area (Å²) in [6.45, 7) is 12.9. The number of nitrogens with zero attached hydrogens (tertiary/aromatic N) is 6. The monoisotopic (exact) mass is 658 g/mol. The summed E-state index contributed by atoms with van der Waals surface area (Å²) >= 11 is 6.86. The van der Waals surface area contributed by atoms with Crippen molar-refractivity contribution >= 4 is 40.0 Å². The highest BCUT2D eigenvalue weighted by molar-refractivity contribution is 6.33. The fraction of sp³-hybridized carbons (Fsp3) is 0.429. The Morgan fingerprint density at radius 2 is 1.91 bits per heavy atom. The average Bonchev–Trinajstić information content (AvgIpc) is 3.58. The minimum Gasteiger partial charge on any atom is -0.381 e. The molecule has 2 N–H and O–H groups in total. The van der Waals surface area contributed by atoms with Crippen LogP contribution < -0.4 is 21.1 Å². The van der Waals surface area contributed by atoms with Gasteiger partial charge in [-0.1, -0.05) is 18.2 Å². The van der Waals surface area contributed by atoms with Crippen molar-refractivity contribution < 1.29 is 9.13 Å². The average molecular weight is 659 g/mol. The van der Waals surface area contributed by atoms with Crippen molar-refractivity contribution in [2.24, 2.45) is 5.92 Å². The van der Waals surface area contributed by atoms with E-state index in [9.17, 15) is 4.79 Å². The zero-order valence-corrected chi connectivity index (χ0v) is 27.4. The standard InChI is InChI=1S/C35H40ClFN8O2/c1-22(2)44-10-5-24(21-44)25-16-29(36)32(39-18-25)28-15-26-19-40-35(42-33(26)45(34(28)46)20-23-6-13-47-14-7-23)41-27-3-4-31(30(37)17-27)43-11-8-38-9-12-43/h3-4,15-19,23-24,38H,1,5-14,20-21H2,2H3,(H,40,41,42). The molecule has 1 atom stereocenters. The number of hydrogen-bond donors (Lipinski definition) is 2. The molecule has 12 heteroatoms. The van der Waals surface area contributed by atoms with E-state index < -0.39 is 0 Å². The van der Waals surface area contributed by atoms with Crippen molar-refractivity contribution in [3.05, 3.63) is 81.8 Å². The molecule has 4 aromatic rings. The predicted molar refractivity (Wildman–Crippen MR) is 184 cm³/mol. The Bertz CT molecular complexity index is 1850. The number of rotatable bonds is 8. The smallest absolute Gasteiger partial charge is 0.261 e. The van der Waals surface area contributed by atoms with Crippen LogP contribution in [0.2, 0.25) is 5.02 Å². The first-order valence-electron chi connectivity index (χ1n) is 16.4. The molecule has 3 aliphatic rings. The largest absolute Gasteiger partial charge is 0.381 e. The summed E-state index contributed by atoms with van der Waals surface area (Å²) in [7, 11) is 0. The first-order chi connectivity index (χ1) is 22.8. The molecule has 10 nitrogen and oxygen atoms in total. The quantitative estimate of drug-likeness (QED) is 0.253. The lowest BCUT2D eigenvalue weighted by Crippen LogP contribution is -2.43. The van der Waals surface area contributed by atoms with Crippen LogP contribution in [0.15, 0.2) is 59.8 Å². The number of aromatic nitrogens is 4. The van der Waals surface area contributed by atoms with E-state index in [0.717, 1.165) is 69.8 Å². The zero-order valence-electron chi connectivity index (χ0n) is 26.6. The minimum atomic E-state index is -0.310. The van der Waals surface area contributed by atoms with Gasteiger partial charge in [0.05, 0.1) is 22.0 Å². The normalized spacial score (nSPS) is 19.0. The summed E-state index contributed by atoms with van der Waals surface area (Å²) in [6, 6.07) is 8.78. The molecule has 0 saturated carbocycles. The molecule has 1 unspecified atom stereocenters. The number of anilines is 3. The first-order valence-corrected chi connectivity index (χ1v) is 16.8. The molecule has 246 valence electrons. The number of piperazine rings is 1. The maximum Gasteiger partial charge on any atom is 0.261 e. The molecule has 3 aliphatic heterocycles. The Morgan fingerprint density at radius 1 is 1.11 bits per heavy atom. The molecule has 1 aromatic carbocycles. The summed E-state index contributed by atoms with van der Waals surface area (Å²) in [5, 5.41) is 7.56. The van der Waals surface area contributed by atoms with Crippen LogP contribution in [0.25, 0.3) is 22.3 Å². The molecule has 7 rings (SSSR count). The summed E-state index contributed by atoms with van der Waals surface area (Å²) in [6.07, 6.45) is 6.23. The number of fused-ring (bicyclic) bond motifs is 1. The Kier molecular flexibility index (Phi) is 9.11. The van der Waals surface area contributed by atoms with Gasteiger partial charge in [0.1, 0.15) is 11.5 Å². The van der Waals surface area contributed by atoms with Crippen molar-refractivity contribution in [1.29, 1.82) is 0 Å². The molecule has 0 radical (unpaired) electrons. The second kappa shape index (κ2) is 13.6. The van der Waals surface area contributed by atoms with Crippen LogP contribution in [0.3, 0.4) is 0 Å². The van der Waals surface area contributed by atoms with Gasteiger partial charge in [-0.25, -0.2) is 9.37 Å². The Morgan fingerprint density at radius 3 is 2.64 bits per heavy atom. The Balaban J connectivity index is 1.22. The number of likely N-dealkylation sites (tertiary alicyclic amines) is 1. The van der Waals surface area contributed by atoms with Gasteiger partial charge in [0.2, 0.25) is 5.95 Å². The maximum absolute atomic E-state index is 15.1. The van der Waals surface area contributed by atoms with Crippen LogP contribution in [0.1, 0.15) is 37.7 Å². The van der Waals surface area contributed by atoms with Crippen LogP contribution in [0.5, 0.6) is 0 Å². The molecule has 3 aromatic heterocycles. The van der Waals surface area contributed by atoms with Gasteiger partial charge in [-0.2, -0.15) is 4.98 Å². The van der Waals surface area contributed by atoms with Gasteiger partial charge in [0.25, 0.3) is 5.56 Å². The van der Waals surface area contributed by atoms with E-state index in [-0.39, 0.29) is 23.2 Å². The number of benzene rings is 1. The van der Waals surface area contributed by atoms with E-state index in [1.165, 1.54) is 6.07 Å². The fourth-order valence-electron chi connectivity index (χ4n) is 6.87. The van der Waals surface area contributed by atoms with Crippen LogP contribution in [-0.4, -0.2) is 76.9 Å². The van der Waals surface area contributed by atoms with Crippen molar-refractivity contribution in [3.63, 3.8) is 0 Å². The van der Waals surface area contributed by atoms with Crippen molar-refractivity contribution in [2.45, 2.75) is 38.6 Å². The second-order valence-corrected chi connectivity index (χ2v) is 13.2. The highest BCUT2D eigenvalue weighted by Crippen LogP contribution is 2.34. The topological polar surface area (TPSA) is 100 Å². The molecule has 3 fully saturated rings. The lowest BCUT2D eigenvalue weighted by Gasteiger charge is -2.29. The molecule has 0 bridgehead atoms. The van der Waals surface area contributed by atoms with Gasteiger partial charge in [-0.3, -0.25) is 14.3 Å². The van der Waals surface area contributed by atoms with Gasteiger partial charge >= 0.3 is 0 Å². The van der Waals surface area contributed by atoms with E-state index in [2.05, 4.69) is 27.1 Å². The SMILES string of the molecule is C=C(C)N1CCC(c2cnc(-c3cc4cnc(Nc5ccc(N6CCNCC6)c(F)c5)nc4n(CC4CCOCC4)c3=O)c(Cl)c2)C1. The lowest BCUT2D eigenvalue weighted by atomic mass is 9.99. The maximum atomic E-state index is 15.1. The molecular formula is C35H40ClFN8O2. The Hall–Kier alpha value is -4.06. The Labute approximate surface area is 278 Å². The summed E-state index contributed by atoms with van der Waals surface area (Å²) in [5.74, 6) is 0.525. The number of halogens is 2. The number of hydrogen-bond acceptors (Lipinski definition) is 9. The van der Waals surface area contributed by atoms with E-state index in [1.807, 2.05) is 30.2 Å². The number of pyridine rings is 2. The lowest BCUT2D eigenvalue weighted by molar-refractivity contribution is 0.0613. The number of nitrogens with one attached hydrogen (secondary N) is 2. The molecule has 47 heavy (non-hydrogen) atoms. The minimum absolute atomic E-state index is 0.212. The summed E-state index contributed by atoms with van der Waals surface area (Å²) in [4.78, 5) is 32.6. The summed E-state index contributed by atoms with van der Waals surface area (Å²) < 4.78 is 22.4. The molecule has 0 aliphatic carbocycles. The third-order valence-electron chi connectivity index (χ3n) is 9.59. The summed E-state index contributed by atoms with van der Waals surface area (Å²) in [5.41, 5.74) is 4.36. The van der Waals surface area contributed by atoms with Crippen LogP contribution in [0.4, 0.5) is 21.7 Å². The van der Waals surface area contributed by atoms with Crippen molar-refractivity contribution in [3.8, 4) is 11.3 Å². The van der Waals surface area contributed by atoms with Gasteiger partial charge in [0.15, 0.2) is 0 Å². The zero-order chi connectivity index (χ0) is 32.5. The van der Waals surface area contributed by atoms with Gasteiger partial charge < -0.3 is 25.2 Å². The molecule has 3 saturated heterocycles. The highest BCUT2D eigenvalue weighted by Gasteiger charge is 2.26. The van der Waals surface area contributed by atoms with Gasteiger partial charge in [-0.05, 0) is 68.0 Å². The van der Waals surface area contributed by atoms with Gasteiger partial charge in [0, 0.05) is 94.1 Å². The third kappa shape index (κ3) is 6.70. The number of ether oxygens (including phenoxy) is 1. The highest BCUT2D eigenvalue weighted by atomic mass is 35.5. The predicted octanol–water partition coefficient (Wildman–Crippen LogP) is 5.55. The van der Waals surface area contributed by atoms with E-state index in [0.29, 0.717) is 64.4 Å². The molecule has 0 spiro atoms. The van der Waals surface area contributed by atoms with Crippen molar-refractivity contribution in [2.75, 3.05) is 62.7 Å². The van der Waals surface area contributed by atoms with E-state index in [4.69, 9.17) is 26.3 Å².